The van der Waals surface area contributed by atoms with E-state index in [4.69, 9.17) is 9.47 Å². The van der Waals surface area contributed by atoms with E-state index < -0.39 is 0 Å². The van der Waals surface area contributed by atoms with Crippen LogP contribution in [0.2, 0.25) is 0 Å². The lowest BCUT2D eigenvalue weighted by atomic mass is 9.84. The number of methoxy groups -OCH3 is 1. The third-order valence-electron chi connectivity index (χ3n) is 4.68. The maximum Gasteiger partial charge on any atom is 0.160 e. The summed E-state index contributed by atoms with van der Waals surface area (Å²) >= 11 is 0. The van der Waals surface area contributed by atoms with Gasteiger partial charge in [-0.1, -0.05) is 26.8 Å². The van der Waals surface area contributed by atoms with Gasteiger partial charge in [0.25, 0.3) is 0 Å². The van der Waals surface area contributed by atoms with Gasteiger partial charge in [-0.3, -0.25) is 4.79 Å². The number of fused-ring (bicyclic) bond motifs is 1. The van der Waals surface area contributed by atoms with Gasteiger partial charge >= 0.3 is 0 Å². The SMILES string of the molecule is CO[C@@H]1CC[C@@]2(C)O[C@@H]2CC(C)(C)/C=C/C(=O)[C@@H]1C. The Bertz CT molecular complexity index is 385. The summed E-state index contributed by atoms with van der Waals surface area (Å²) < 4.78 is 11.4. The van der Waals surface area contributed by atoms with Crippen LogP contribution in [0.15, 0.2) is 12.2 Å². The largest absolute Gasteiger partial charge is 0.381 e. The molecule has 1 saturated heterocycles. The quantitative estimate of drug-likeness (QED) is 0.684. The fourth-order valence-electron chi connectivity index (χ4n) is 2.96. The number of rotatable bonds is 1. The van der Waals surface area contributed by atoms with Crippen LogP contribution in [0, 0.1) is 11.3 Å². The highest BCUT2D eigenvalue weighted by atomic mass is 16.6. The van der Waals surface area contributed by atoms with Crippen LogP contribution in [0.1, 0.15) is 47.0 Å². The number of allylic oxidation sites excluding steroid dienone is 2. The van der Waals surface area contributed by atoms with Crippen molar-refractivity contribution in [1.29, 1.82) is 0 Å². The minimum Gasteiger partial charge on any atom is -0.381 e. The number of ketones is 1. The average Bonchev–Trinajstić information content (AvgIpc) is 2.95. The van der Waals surface area contributed by atoms with Gasteiger partial charge in [-0.25, -0.2) is 0 Å². The molecule has 0 bridgehead atoms. The van der Waals surface area contributed by atoms with Crippen molar-refractivity contribution in [3.8, 4) is 0 Å². The van der Waals surface area contributed by atoms with Crippen molar-refractivity contribution in [2.24, 2.45) is 11.3 Å². The Balaban J connectivity index is 2.20. The summed E-state index contributed by atoms with van der Waals surface area (Å²) in [7, 11) is 1.69. The highest BCUT2D eigenvalue weighted by molar-refractivity contribution is 5.92. The fraction of sp³-hybridized carbons (Fsp3) is 0.812. The van der Waals surface area contributed by atoms with E-state index >= 15 is 0 Å². The average molecular weight is 266 g/mol. The Morgan fingerprint density at radius 2 is 2.05 bits per heavy atom. The second-order valence-corrected chi connectivity index (χ2v) is 6.95. The van der Waals surface area contributed by atoms with Gasteiger partial charge in [0.15, 0.2) is 5.78 Å². The van der Waals surface area contributed by atoms with Crippen LogP contribution in [0.3, 0.4) is 0 Å². The number of ether oxygens (including phenoxy) is 2. The van der Waals surface area contributed by atoms with Crippen molar-refractivity contribution < 1.29 is 14.3 Å². The molecule has 19 heavy (non-hydrogen) atoms. The van der Waals surface area contributed by atoms with Crippen LogP contribution in [0.5, 0.6) is 0 Å². The van der Waals surface area contributed by atoms with Gasteiger partial charge in [0, 0.05) is 13.0 Å². The van der Waals surface area contributed by atoms with Gasteiger partial charge in [0.05, 0.1) is 17.8 Å². The summed E-state index contributed by atoms with van der Waals surface area (Å²) in [4.78, 5) is 12.2. The molecule has 108 valence electrons. The molecule has 0 N–H and O–H groups in total. The monoisotopic (exact) mass is 266 g/mol. The van der Waals surface area contributed by atoms with Gasteiger partial charge in [-0.05, 0) is 37.7 Å². The summed E-state index contributed by atoms with van der Waals surface area (Å²) in [5.74, 6) is 0.0810. The summed E-state index contributed by atoms with van der Waals surface area (Å²) in [5, 5.41) is 0. The third kappa shape index (κ3) is 3.26. The molecule has 2 aliphatic rings. The lowest BCUT2D eigenvalue weighted by Crippen LogP contribution is -2.28. The normalized spacial score (nSPS) is 44.1. The maximum absolute atomic E-state index is 12.2. The Morgan fingerprint density at radius 3 is 2.68 bits per heavy atom. The zero-order chi connectivity index (χ0) is 14.3. The molecule has 0 aromatic heterocycles. The van der Waals surface area contributed by atoms with Gasteiger partial charge < -0.3 is 9.47 Å². The number of epoxide rings is 1. The molecule has 1 fully saturated rings. The molecular weight excluding hydrogens is 240 g/mol. The molecule has 0 spiro atoms. The number of carbonyl (C=O) groups excluding carboxylic acids is 1. The van der Waals surface area contributed by atoms with Crippen molar-refractivity contribution in [2.75, 3.05) is 7.11 Å². The fourth-order valence-corrected chi connectivity index (χ4v) is 2.96. The Labute approximate surface area is 116 Å². The minimum atomic E-state index is -0.0871. The van der Waals surface area contributed by atoms with E-state index in [0.717, 1.165) is 19.3 Å². The van der Waals surface area contributed by atoms with E-state index in [-0.39, 0.29) is 28.8 Å². The van der Waals surface area contributed by atoms with Crippen LogP contribution in [-0.2, 0) is 14.3 Å². The Morgan fingerprint density at radius 1 is 1.37 bits per heavy atom. The maximum atomic E-state index is 12.2. The molecule has 0 saturated carbocycles. The summed E-state index contributed by atoms with van der Waals surface area (Å²) in [6.45, 7) is 8.46. The first-order valence-corrected chi connectivity index (χ1v) is 7.21. The standard InChI is InChI=1S/C16H26O3/c1-11-12(17)6-8-15(2,3)10-14-16(4,19-14)9-7-13(11)18-5/h6,8,11,13-14H,7,9-10H2,1-5H3/b8-6+/t11-,13+,14+,16+/m0/s1. The van der Waals surface area contributed by atoms with E-state index in [2.05, 4.69) is 20.8 Å². The van der Waals surface area contributed by atoms with Crippen LogP contribution in [-0.4, -0.2) is 30.7 Å². The van der Waals surface area contributed by atoms with Crippen molar-refractivity contribution in [3.05, 3.63) is 12.2 Å². The second kappa shape index (κ2) is 5.02. The first-order valence-electron chi connectivity index (χ1n) is 7.21. The molecular formula is C16H26O3. The molecule has 1 heterocycles. The molecule has 4 atom stereocenters. The lowest BCUT2D eigenvalue weighted by Gasteiger charge is -2.21. The molecule has 1 aliphatic heterocycles. The van der Waals surface area contributed by atoms with Gasteiger partial charge in [-0.2, -0.15) is 0 Å². The molecule has 3 heteroatoms. The van der Waals surface area contributed by atoms with E-state index in [0.29, 0.717) is 6.10 Å². The minimum absolute atomic E-state index is 0.00468. The van der Waals surface area contributed by atoms with Crippen molar-refractivity contribution >= 4 is 5.78 Å². The summed E-state index contributed by atoms with van der Waals surface area (Å²) in [6.07, 6.45) is 6.88. The topological polar surface area (TPSA) is 38.8 Å². The second-order valence-electron chi connectivity index (χ2n) is 6.95. The molecule has 0 radical (unpaired) electrons. The first-order chi connectivity index (χ1) is 8.77. The summed E-state index contributed by atoms with van der Waals surface area (Å²) in [5.41, 5.74) is -0.0142. The molecule has 0 unspecified atom stereocenters. The number of hydrogen-bond donors (Lipinski definition) is 0. The Hall–Kier alpha value is -0.670. The number of hydrogen-bond acceptors (Lipinski definition) is 3. The van der Waals surface area contributed by atoms with Crippen LogP contribution in [0.4, 0.5) is 0 Å². The molecule has 0 aromatic rings. The molecule has 0 aromatic carbocycles. The highest BCUT2D eigenvalue weighted by Gasteiger charge is 2.53. The van der Waals surface area contributed by atoms with Crippen LogP contribution in [0.25, 0.3) is 0 Å². The lowest BCUT2D eigenvalue weighted by molar-refractivity contribution is -0.122. The molecule has 2 rings (SSSR count). The first kappa shape index (κ1) is 14.7. The van der Waals surface area contributed by atoms with E-state index in [9.17, 15) is 4.79 Å². The van der Waals surface area contributed by atoms with Crippen molar-refractivity contribution in [3.63, 3.8) is 0 Å². The number of carbonyl (C=O) groups is 1. The van der Waals surface area contributed by atoms with E-state index in [1.165, 1.54) is 0 Å². The predicted molar refractivity (Wildman–Crippen MR) is 75.0 cm³/mol. The highest BCUT2D eigenvalue weighted by Crippen LogP contribution is 2.47. The molecule has 3 nitrogen and oxygen atoms in total. The van der Waals surface area contributed by atoms with Gasteiger partial charge in [0.2, 0.25) is 0 Å². The zero-order valence-electron chi connectivity index (χ0n) is 12.7. The molecule has 1 aliphatic carbocycles. The summed E-state index contributed by atoms with van der Waals surface area (Å²) in [6, 6.07) is 0. The van der Waals surface area contributed by atoms with Crippen molar-refractivity contribution in [1.82, 2.24) is 0 Å². The van der Waals surface area contributed by atoms with Crippen molar-refractivity contribution in [2.45, 2.75) is 64.8 Å². The molecule has 0 amide bonds. The Kier molecular flexibility index (Phi) is 3.90. The third-order valence-corrected chi connectivity index (χ3v) is 4.68. The van der Waals surface area contributed by atoms with E-state index in [1.807, 2.05) is 13.0 Å². The van der Waals surface area contributed by atoms with E-state index in [1.54, 1.807) is 13.2 Å². The van der Waals surface area contributed by atoms with Crippen LogP contribution < -0.4 is 0 Å². The van der Waals surface area contributed by atoms with Gasteiger partial charge in [-0.15, -0.1) is 0 Å². The zero-order valence-corrected chi connectivity index (χ0v) is 12.7. The predicted octanol–water partition coefficient (Wildman–Crippen LogP) is 3.13. The van der Waals surface area contributed by atoms with Gasteiger partial charge in [0.1, 0.15) is 0 Å². The smallest absolute Gasteiger partial charge is 0.160 e. The van der Waals surface area contributed by atoms with Crippen LogP contribution >= 0.6 is 0 Å².